The smallest absolute Gasteiger partial charge is 0.181 e. The molecule has 0 atom stereocenters. The number of aromatic nitrogens is 6. The lowest BCUT2D eigenvalue weighted by Crippen LogP contribution is -1.89. The zero-order chi connectivity index (χ0) is 11.7. The van der Waals surface area contributed by atoms with Gasteiger partial charge in [0.25, 0.3) is 0 Å². The van der Waals surface area contributed by atoms with Crippen molar-refractivity contribution in [1.29, 1.82) is 0 Å². The molecule has 17 heavy (non-hydrogen) atoms. The fourth-order valence-corrected chi connectivity index (χ4v) is 2.15. The van der Waals surface area contributed by atoms with Crippen molar-refractivity contribution in [2.24, 2.45) is 0 Å². The Kier molecular flexibility index (Phi) is 2.62. The van der Waals surface area contributed by atoms with Gasteiger partial charge in [-0.15, -0.1) is 10.2 Å². The molecule has 0 aliphatic rings. The molecule has 0 aromatic carbocycles. The van der Waals surface area contributed by atoms with Gasteiger partial charge in [0.1, 0.15) is 21.9 Å². The molecule has 3 heterocycles. The number of hydrogen-bond donors (Lipinski definition) is 1. The maximum absolute atomic E-state index is 5.67. The van der Waals surface area contributed by atoms with Gasteiger partial charge < -0.3 is 4.98 Å². The molecule has 0 saturated heterocycles. The molecule has 3 aromatic heterocycles. The van der Waals surface area contributed by atoms with Crippen LogP contribution in [0.3, 0.4) is 0 Å². The van der Waals surface area contributed by atoms with Crippen molar-refractivity contribution in [3.05, 3.63) is 29.9 Å². The van der Waals surface area contributed by atoms with Crippen molar-refractivity contribution in [3.8, 4) is 0 Å². The van der Waals surface area contributed by atoms with E-state index < -0.39 is 0 Å². The van der Waals surface area contributed by atoms with Gasteiger partial charge in [-0.1, -0.05) is 11.6 Å². The van der Waals surface area contributed by atoms with Crippen LogP contribution in [-0.2, 0) is 0 Å². The average molecular weight is 265 g/mol. The summed E-state index contributed by atoms with van der Waals surface area (Å²) in [6.45, 7) is 0. The molecule has 84 valence electrons. The zero-order valence-corrected chi connectivity index (χ0v) is 9.90. The van der Waals surface area contributed by atoms with Crippen LogP contribution in [-0.4, -0.2) is 30.1 Å². The Morgan fingerprint density at radius 1 is 1.12 bits per heavy atom. The van der Waals surface area contributed by atoms with E-state index in [2.05, 4.69) is 30.1 Å². The largest absolute Gasteiger partial charge is 0.341 e. The minimum absolute atomic E-state index is 0.365. The number of nitrogens with one attached hydrogen (secondary N) is 1. The predicted octanol–water partition coefficient (Wildman–Crippen LogP) is 1.95. The van der Waals surface area contributed by atoms with E-state index in [9.17, 15) is 0 Å². The average Bonchev–Trinajstić information content (AvgIpc) is 2.81. The number of H-pyrrole nitrogens is 1. The van der Waals surface area contributed by atoms with E-state index in [-0.39, 0.29) is 0 Å². The van der Waals surface area contributed by atoms with Gasteiger partial charge >= 0.3 is 0 Å². The summed E-state index contributed by atoms with van der Waals surface area (Å²) in [4.78, 5) is 15.3. The number of fused-ring (bicyclic) bond motifs is 1. The van der Waals surface area contributed by atoms with Gasteiger partial charge in [0.05, 0.1) is 6.33 Å². The molecule has 0 bridgehead atoms. The Labute approximate surface area is 105 Å². The highest BCUT2D eigenvalue weighted by Crippen LogP contribution is 2.27. The van der Waals surface area contributed by atoms with E-state index in [4.69, 9.17) is 11.6 Å². The molecule has 0 radical (unpaired) electrons. The Hall–Kier alpha value is -1.73. The molecule has 8 heteroatoms. The summed E-state index contributed by atoms with van der Waals surface area (Å²) in [7, 11) is 0. The summed E-state index contributed by atoms with van der Waals surface area (Å²) >= 11 is 7.04. The van der Waals surface area contributed by atoms with Crippen LogP contribution in [0.5, 0.6) is 0 Å². The number of imidazole rings is 1. The molecule has 3 rings (SSSR count). The second-order valence-electron chi connectivity index (χ2n) is 3.08. The summed E-state index contributed by atoms with van der Waals surface area (Å²) < 4.78 is 0. The van der Waals surface area contributed by atoms with Gasteiger partial charge in [0.2, 0.25) is 0 Å². The van der Waals surface area contributed by atoms with Gasteiger partial charge in [-0.25, -0.2) is 15.0 Å². The lowest BCUT2D eigenvalue weighted by molar-refractivity contribution is 0.927. The van der Waals surface area contributed by atoms with Crippen molar-refractivity contribution < 1.29 is 0 Å². The Bertz CT molecular complexity index is 652. The van der Waals surface area contributed by atoms with E-state index in [1.165, 1.54) is 18.1 Å². The Morgan fingerprint density at radius 3 is 2.88 bits per heavy atom. The SMILES string of the molecule is Clc1ccc(Sc2ncnc3nc[nH]c23)nn1. The molecule has 0 aliphatic carbocycles. The van der Waals surface area contributed by atoms with Gasteiger partial charge in [-0.05, 0) is 23.9 Å². The maximum Gasteiger partial charge on any atom is 0.181 e. The first-order valence-electron chi connectivity index (χ1n) is 4.64. The molecule has 0 fully saturated rings. The minimum Gasteiger partial charge on any atom is -0.341 e. The summed E-state index contributed by atoms with van der Waals surface area (Å²) in [5.41, 5.74) is 1.42. The summed E-state index contributed by atoms with van der Waals surface area (Å²) in [6, 6.07) is 3.46. The zero-order valence-electron chi connectivity index (χ0n) is 8.33. The summed E-state index contributed by atoms with van der Waals surface area (Å²) in [5, 5.41) is 9.55. The standard InChI is InChI=1S/C9H5ClN6S/c10-5-1-2-6(16-15-5)17-9-7-8(12-3-11-7)13-4-14-9/h1-4H,(H,11,12,13,14). The van der Waals surface area contributed by atoms with Crippen LogP contribution in [0.25, 0.3) is 11.2 Å². The third-order valence-corrected chi connectivity index (χ3v) is 3.13. The fraction of sp³-hybridized carbons (Fsp3) is 0. The minimum atomic E-state index is 0.365. The second-order valence-corrected chi connectivity index (χ2v) is 4.47. The van der Waals surface area contributed by atoms with E-state index in [1.54, 1.807) is 18.5 Å². The molecule has 0 spiro atoms. The summed E-state index contributed by atoms with van der Waals surface area (Å²) in [6.07, 6.45) is 3.05. The van der Waals surface area contributed by atoms with Crippen LogP contribution in [0, 0.1) is 0 Å². The van der Waals surface area contributed by atoms with Crippen LogP contribution in [0.1, 0.15) is 0 Å². The first-order chi connectivity index (χ1) is 8.33. The molecule has 6 nitrogen and oxygen atoms in total. The molecule has 0 saturated carbocycles. The van der Waals surface area contributed by atoms with E-state index in [1.807, 2.05) is 0 Å². The third-order valence-electron chi connectivity index (χ3n) is 2.00. The summed E-state index contributed by atoms with van der Waals surface area (Å²) in [5.74, 6) is 0. The number of rotatable bonds is 2. The topological polar surface area (TPSA) is 80.2 Å². The number of aromatic amines is 1. The third kappa shape index (κ3) is 2.06. The van der Waals surface area contributed by atoms with Gasteiger partial charge in [-0.3, -0.25) is 0 Å². The second kappa shape index (κ2) is 4.27. The van der Waals surface area contributed by atoms with Crippen molar-refractivity contribution in [1.82, 2.24) is 30.1 Å². The molecule has 0 amide bonds. The maximum atomic E-state index is 5.67. The first kappa shape index (κ1) is 10.4. The molecular formula is C9H5ClN6S. The van der Waals surface area contributed by atoms with Crippen LogP contribution in [0.4, 0.5) is 0 Å². The van der Waals surface area contributed by atoms with Gasteiger partial charge in [-0.2, -0.15) is 0 Å². The van der Waals surface area contributed by atoms with Crippen LogP contribution >= 0.6 is 23.4 Å². The van der Waals surface area contributed by atoms with Crippen molar-refractivity contribution >= 4 is 34.5 Å². The molecule has 1 N–H and O–H groups in total. The van der Waals surface area contributed by atoms with Crippen LogP contribution in [0.15, 0.2) is 34.8 Å². The fourth-order valence-electron chi connectivity index (χ4n) is 1.28. The van der Waals surface area contributed by atoms with E-state index >= 15 is 0 Å². The normalized spacial score (nSPS) is 10.9. The molecule has 3 aromatic rings. The monoisotopic (exact) mass is 264 g/mol. The van der Waals surface area contributed by atoms with Crippen LogP contribution in [0.2, 0.25) is 5.15 Å². The Balaban J connectivity index is 1.99. The van der Waals surface area contributed by atoms with E-state index in [0.717, 1.165) is 10.5 Å². The van der Waals surface area contributed by atoms with E-state index in [0.29, 0.717) is 15.8 Å². The highest BCUT2D eigenvalue weighted by atomic mass is 35.5. The lowest BCUT2D eigenvalue weighted by atomic mass is 10.6. The number of halogens is 1. The highest BCUT2D eigenvalue weighted by Gasteiger charge is 2.08. The van der Waals surface area contributed by atoms with Gasteiger partial charge in [0, 0.05) is 0 Å². The number of nitrogens with zero attached hydrogens (tertiary/aromatic N) is 5. The lowest BCUT2D eigenvalue weighted by Gasteiger charge is -1.99. The van der Waals surface area contributed by atoms with Crippen LogP contribution < -0.4 is 0 Å². The van der Waals surface area contributed by atoms with Gasteiger partial charge in [0.15, 0.2) is 10.8 Å². The molecule has 0 unspecified atom stereocenters. The molecular weight excluding hydrogens is 260 g/mol. The first-order valence-corrected chi connectivity index (χ1v) is 5.83. The highest BCUT2D eigenvalue weighted by molar-refractivity contribution is 7.99. The van der Waals surface area contributed by atoms with Crippen molar-refractivity contribution in [2.45, 2.75) is 10.1 Å². The van der Waals surface area contributed by atoms with Crippen molar-refractivity contribution in [3.63, 3.8) is 0 Å². The number of hydrogen-bond acceptors (Lipinski definition) is 6. The molecule has 0 aliphatic heterocycles. The predicted molar refractivity (Wildman–Crippen MR) is 62.8 cm³/mol. The van der Waals surface area contributed by atoms with Crippen molar-refractivity contribution in [2.75, 3.05) is 0 Å². The Morgan fingerprint density at radius 2 is 2.06 bits per heavy atom. The quantitative estimate of drug-likeness (QED) is 0.713.